The molecule has 7 aromatic rings. The van der Waals surface area contributed by atoms with Crippen molar-refractivity contribution in [3.8, 4) is 17.4 Å². The Morgan fingerprint density at radius 1 is 0.689 bits per heavy atom. The molecule has 8 rings (SSSR count). The van der Waals surface area contributed by atoms with Crippen LogP contribution in [0.4, 0.5) is 22.7 Å². The Morgan fingerprint density at radius 3 is 2.20 bits per heavy atom. The summed E-state index contributed by atoms with van der Waals surface area (Å²) in [6.45, 7) is 6.81. The number of ether oxygens (including phenoxy) is 1. The molecule has 6 nitrogen and oxygen atoms in total. The average molecular weight is 593 g/mol. The molecule has 0 aliphatic carbocycles. The Labute approximate surface area is 269 Å². The van der Waals surface area contributed by atoms with Crippen molar-refractivity contribution in [3.63, 3.8) is 0 Å². The monoisotopic (exact) mass is 592 g/mol. The van der Waals surface area contributed by atoms with Gasteiger partial charge in [0.05, 0.1) is 29.3 Å². The summed E-state index contributed by atoms with van der Waals surface area (Å²) in [6, 6.07) is 28.2. The highest BCUT2D eigenvalue weighted by Gasteiger charge is 2.28. The van der Waals surface area contributed by atoms with Gasteiger partial charge in [0.25, 0.3) is 0 Å². The summed E-state index contributed by atoms with van der Waals surface area (Å²) < 4.78 is 50.3. The molecule has 45 heavy (non-hydrogen) atoms. The van der Waals surface area contributed by atoms with Gasteiger partial charge < -0.3 is 14.5 Å². The Morgan fingerprint density at radius 2 is 1.40 bits per heavy atom. The molecule has 0 atom stereocenters. The van der Waals surface area contributed by atoms with Gasteiger partial charge in [-0.05, 0) is 71.6 Å². The van der Waals surface area contributed by atoms with E-state index in [1.807, 2.05) is 71.8 Å². The number of nitrogens with zero attached hydrogens (tertiary/aromatic N) is 5. The minimum absolute atomic E-state index is 0.0387. The summed E-state index contributed by atoms with van der Waals surface area (Å²) in [5.41, 5.74) is 5.62. The summed E-state index contributed by atoms with van der Waals surface area (Å²) in [4.78, 5) is 13.1. The van der Waals surface area contributed by atoms with Crippen molar-refractivity contribution < 1.29 is 11.6 Å². The highest BCUT2D eigenvalue weighted by atomic mass is 16.5. The number of hydrogen-bond donors (Lipinski definition) is 0. The van der Waals surface area contributed by atoms with Crippen LogP contribution in [0.15, 0.2) is 134 Å². The lowest BCUT2D eigenvalue weighted by Gasteiger charge is -2.22. The normalized spacial score (nSPS) is 14.6. The van der Waals surface area contributed by atoms with Gasteiger partial charge in [-0.3, -0.25) is 4.57 Å². The van der Waals surface area contributed by atoms with Crippen LogP contribution < -0.4 is 14.5 Å². The number of benzene rings is 4. The maximum Gasteiger partial charge on any atom is 0.221 e. The van der Waals surface area contributed by atoms with E-state index < -0.39 is 6.04 Å². The number of hydrogen-bond acceptors (Lipinski definition) is 5. The molecule has 0 spiro atoms. The number of aromatic nitrogens is 3. The second-order valence-electron chi connectivity index (χ2n) is 12.1. The maximum absolute atomic E-state index is 8.60. The summed E-state index contributed by atoms with van der Waals surface area (Å²) in [6.07, 6.45) is 3.54. The fraction of sp³-hybridized carbons (Fsp3) is 0.128. The van der Waals surface area contributed by atoms with E-state index in [4.69, 9.17) is 16.6 Å². The fourth-order valence-electron chi connectivity index (χ4n) is 6.02. The van der Waals surface area contributed by atoms with E-state index in [0.717, 1.165) is 44.7 Å². The zero-order valence-electron chi connectivity index (χ0n) is 30.2. The fourth-order valence-corrected chi connectivity index (χ4v) is 6.02. The molecule has 0 saturated carbocycles. The highest BCUT2D eigenvalue weighted by molar-refractivity contribution is 6.09. The van der Waals surface area contributed by atoms with Crippen molar-refractivity contribution in [2.45, 2.75) is 26.2 Å². The van der Waals surface area contributed by atoms with Crippen LogP contribution in [0.2, 0.25) is 0 Å². The first-order chi connectivity index (χ1) is 24.0. The van der Waals surface area contributed by atoms with Crippen molar-refractivity contribution in [1.82, 2.24) is 14.5 Å². The predicted molar refractivity (Wildman–Crippen MR) is 184 cm³/mol. The van der Waals surface area contributed by atoms with Crippen molar-refractivity contribution >= 4 is 44.6 Å². The van der Waals surface area contributed by atoms with Gasteiger partial charge in [0.2, 0.25) is 5.88 Å². The van der Waals surface area contributed by atoms with Crippen molar-refractivity contribution in [1.29, 1.82) is 0 Å². The van der Waals surface area contributed by atoms with Crippen molar-refractivity contribution in [2.24, 2.45) is 0 Å². The lowest BCUT2D eigenvalue weighted by molar-refractivity contribution is 0.463. The smallest absolute Gasteiger partial charge is 0.221 e. The van der Waals surface area contributed by atoms with Gasteiger partial charge in [0.15, 0.2) is 0 Å². The van der Waals surface area contributed by atoms with Crippen molar-refractivity contribution in [2.75, 3.05) is 16.5 Å². The SMILES string of the molecule is [2H]c1c([2H])c([2H])c(N2CN(c3ccnc(Oc4ccc5c6ccccc6n(-c6cc(C(C)(C)C)ccn6)c5c4)c3)c3ccccc32)c([2H])c1[2H]. The van der Waals surface area contributed by atoms with Gasteiger partial charge in [-0.2, -0.15) is 0 Å². The molecule has 0 bridgehead atoms. The van der Waals surface area contributed by atoms with E-state index in [0.29, 0.717) is 11.6 Å². The molecular formula is C39H33N5O. The van der Waals surface area contributed by atoms with Crippen LogP contribution in [0.1, 0.15) is 33.2 Å². The van der Waals surface area contributed by atoms with Gasteiger partial charge in [0, 0.05) is 46.7 Å². The average Bonchev–Trinajstić information content (AvgIpc) is 3.66. The highest BCUT2D eigenvalue weighted by Crippen LogP contribution is 2.44. The molecule has 220 valence electrons. The minimum atomic E-state index is -0.419. The Kier molecular flexibility index (Phi) is 5.14. The van der Waals surface area contributed by atoms with Crippen LogP contribution in [0.25, 0.3) is 27.6 Å². The molecule has 0 radical (unpaired) electrons. The predicted octanol–water partition coefficient (Wildman–Crippen LogP) is 9.91. The second kappa shape index (κ2) is 10.5. The molecule has 0 saturated heterocycles. The second-order valence-corrected chi connectivity index (χ2v) is 12.1. The van der Waals surface area contributed by atoms with Gasteiger partial charge >= 0.3 is 0 Å². The number of pyridine rings is 2. The summed E-state index contributed by atoms with van der Waals surface area (Å²) in [7, 11) is 0. The van der Waals surface area contributed by atoms with Crippen molar-refractivity contribution in [3.05, 3.63) is 139 Å². The molecule has 6 heteroatoms. The van der Waals surface area contributed by atoms with Gasteiger partial charge in [-0.1, -0.05) is 69.2 Å². The molecule has 1 aliphatic heterocycles. The van der Waals surface area contributed by atoms with E-state index in [9.17, 15) is 0 Å². The Bertz CT molecular complexity index is 2440. The zero-order chi connectivity index (χ0) is 34.9. The molecule has 4 aromatic carbocycles. The lowest BCUT2D eigenvalue weighted by Crippen LogP contribution is -2.23. The summed E-state index contributed by atoms with van der Waals surface area (Å²) in [5, 5.41) is 2.20. The van der Waals surface area contributed by atoms with Crippen LogP contribution in [0.5, 0.6) is 11.6 Å². The third kappa shape index (κ3) is 4.75. The topological polar surface area (TPSA) is 46.4 Å². The third-order valence-corrected chi connectivity index (χ3v) is 8.24. The molecule has 0 unspecified atom stereocenters. The molecule has 0 N–H and O–H groups in total. The van der Waals surface area contributed by atoms with E-state index >= 15 is 0 Å². The first-order valence-corrected chi connectivity index (χ1v) is 14.9. The molecule has 0 amide bonds. The van der Waals surface area contributed by atoms with Crippen LogP contribution in [0, 0.1) is 0 Å². The Hall–Kier alpha value is -5.62. The van der Waals surface area contributed by atoms with E-state index in [1.165, 1.54) is 5.56 Å². The van der Waals surface area contributed by atoms with Crippen LogP contribution in [0.3, 0.4) is 0 Å². The first-order valence-electron chi connectivity index (χ1n) is 17.4. The number of para-hydroxylation sites is 4. The number of anilines is 4. The molecule has 3 aromatic heterocycles. The lowest BCUT2D eigenvalue weighted by atomic mass is 9.88. The summed E-state index contributed by atoms with van der Waals surface area (Å²) in [5.74, 6) is 1.83. The van der Waals surface area contributed by atoms with E-state index in [2.05, 4.69) is 60.7 Å². The quantitative estimate of drug-likeness (QED) is 0.199. The van der Waals surface area contributed by atoms with Crippen LogP contribution in [-0.4, -0.2) is 21.2 Å². The van der Waals surface area contributed by atoms with Crippen LogP contribution in [-0.2, 0) is 5.41 Å². The zero-order valence-corrected chi connectivity index (χ0v) is 25.2. The number of fused-ring (bicyclic) bond motifs is 4. The minimum Gasteiger partial charge on any atom is -0.439 e. The molecule has 0 fully saturated rings. The standard InChI is InChI=1S/C39H33N5O/c1-39(2,3)27-19-21-40-37(23-27)44-33-14-8-7-13-31(33)32-18-17-30(25-36(32)44)45-38-24-29(20-22-41-38)43-26-42(28-11-5-4-6-12-28)34-15-9-10-16-35(34)43/h4-25H,26H2,1-3H3/i4D,5D,6D,11D,12D. The number of rotatable bonds is 5. The molecule has 1 aliphatic rings. The van der Waals surface area contributed by atoms with Gasteiger partial charge in [-0.25, -0.2) is 9.97 Å². The van der Waals surface area contributed by atoms with Gasteiger partial charge in [0.1, 0.15) is 18.2 Å². The summed E-state index contributed by atoms with van der Waals surface area (Å²) >= 11 is 0. The first kappa shape index (κ1) is 22.0. The van der Waals surface area contributed by atoms with Crippen LogP contribution >= 0.6 is 0 Å². The Balaban J connectivity index is 1.17. The maximum atomic E-state index is 8.60. The molecule has 4 heterocycles. The van der Waals surface area contributed by atoms with E-state index in [-0.39, 0.29) is 41.9 Å². The molecular weight excluding hydrogens is 554 g/mol. The largest absolute Gasteiger partial charge is 0.439 e. The third-order valence-electron chi connectivity index (χ3n) is 8.24. The van der Waals surface area contributed by atoms with E-state index in [1.54, 1.807) is 11.1 Å². The van der Waals surface area contributed by atoms with Gasteiger partial charge in [-0.15, -0.1) is 0 Å².